The molecule has 3 nitrogen and oxygen atoms in total. The van der Waals surface area contributed by atoms with Crippen LogP contribution in [0.3, 0.4) is 0 Å². The number of para-hydroxylation sites is 2. The monoisotopic (exact) mass is 930 g/mol. The van der Waals surface area contributed by atoms with E-state index in [0.717, 1.165) is 89.2 Å². The quantitative estimate of drug-likeness (QED) is 0.135. The molecule has 14 rings (SSSR count). The highest BCUT2D eigenvalue weighted by Crippen LogP contribution is 2.48. The molecule has 0 aliphatic rings. The molecule has 0 atom stereocenters. The summed E-state index contributed by atoms with van der Waals surface area (Å²) in [6.45, 7) is 0. The van der Waals surface area contributed by atoms with Crippen molar-refractivity contribution in [2.24, 2.45) is 0 Å². The van der Waals surface area contributed by atoms with Crippen molar-refractivity contribution in [2.45, 2.75) is 0 Å². The van der Waals surface area contributed by atoms with E-state index >= 15 is 0 Å². The molecule has 0 aliphatic carbocycles. The first-order chi connectivity index (χ1) is 36.2. The van der Waals surface area contributed by atoms with Gasteiger partial charge in [-0.2, -0.15) is 0 Å². The van der Waals surface area contributed by atoms with Crippen molar-refractivity contribution in [2.75, 3.05) is 4.90 Å². The highest BCUT2D eigenvalue weighted by Gasteiger charge is 2.24. The van der Waals surface area contributed by atoms with E-state index in [9.17, 15) is 0 Å². The van der Waals surface area contributed by atoms with E-state index < -0.39 is 0 Å². The molecule has 0 bridgehead atoms. The Bertz CT molecular complexity index is 4350. The molecule has 0 saturated carbocycles. The lowest BCUT2D eigenvalue weighted by Crippen LogP contribution is -2.10. The number of furan rings is 1. The predicted octanol–water partition coefficient (Wildman–Crippen LogP) is 19.6. The zero-order valence-electron chi connectivity index (χ0n) is 39.9. The van der Waals surface area contributed by atoms with Gasteiger partial charge in [-0.1, -0.05) is 206 Å². The molecule has 0 N–H and O–H groups in total. The number of aromatic nitrogens is 1. The number of fused-ring (bicyclic) bond motifs is 9. The minimum Gasteiger partial charge on any atom is -0.455 e. The highest BCUT2D eigenvalue weighted by molar-refractivity contribution is 6.29. The van der Waals surface area contributed by atoms with Gasteiger partial charge >= 0.3 is 0 Å². The molecular formula is C70H46N2O. The summed E-state index contributed by atoms with van der Waals surface area (Å²) < 4.78 is 9.55. The van der Waals surface area contributed by atoms with Crippen LogP contribution >= 0.6 is 0 Å². The molecular weight excluding hydrogens is 885 g/mol. The van der Waals surface area contributed by atoms with Gasteiger partial charge in [-0.25, -0.2) is 0 Å². The Morgan fingerprint density at radius 3 is 1.41 bits per heavy atom. The Morgan fingerprint density at radius 1 is 0.274 bits per heavy atom. The van der Waals surface area contributed by atoms with E-state index in [4.69, 9.17) is 4.42 Å². The van der Waals surface area contributed by atoms with E-state index in [1.165, 1.54) is 43.7 Å². The number of benzene rings is 12. The first kappa shape index (κ1) is 42.2. The fourth-order valence-corrected chi connectivity index (χ4v) is 11.2. The maximum Gasteiger partial charge on any atom is 0.143 e. The van der Waals surface area contributed by atoms with Gasteiger partial charge in [0.05, 0.1) is 11.0 Å². The molecule has 342 valence electrons. The van der Waals surface area contributed by atoms with Gasteiger partial charge in [-0.3, -0.25) is 0 Å². The smallest absolute Gasteiger partial charge is 0.143 e. The predicted molar refractivity (Wildman–Crippen MR) is 307 cm³/mol. The van der Waals surface area contributed by atoms with Gasteiger partial charge < -0.3 is 13.9 Å². The topological polar surface area (TPSA) is 21.3 Å². The van der Waals surface area contributed by atoms with Gasteiger partial charge in [0, 0.05) is 55.4 Å². The molecule has 2 aromatic heterocycles. The summed E-state index contributed by atoms with van der Waals surface area (Å²) in [7, 11) is 0. The van der Waals surface area contributed by atoms with Crippen LogP contribution in [-0.2, 0) is 0 Å². The van der Waals surface area contributed by atoms with Gasteiger partial charge in [0.25, 0.3) is 0 Å². The van der Waals surface area contributed by atoms with Crippen LogP contribution in [0, 0.1) is 0 Å². The first-order valence-electron chi connectivity index (χ1n) is 25.0. The maximum absolute atomic E-state index is 7.18. The van der Waals surface area contributed by atoms with Crippen LogP contribution in [0.15, 0.2) is 283 Å². The zero-order valence-corrected chi connectivity index (χ0v) is 39.9. The highest BCUT2D eigenvalue weighted by atomic mass is 16.3. The summed E-state index contributed by atoms with van der Waals surface area (Å²) in [5, 5.41) is 8.22. The van der Waals surface area contributed by atoms with Crippen molar-refractivity contribution in [1.29, 1.82) is 0 Å². The summed E-state index contributed by atoms with van der Waals surface area (Å²) in [4.78, 5) is 2.39. The molecule has 12 aromatic carbocycles. The number of hydrogen-bond donors (Lipinski definition) is 0. The van der Waals surface area contributed by atoms with E-state index in [2.05, 4.69) is 289 Å². The number of anilines is 3. The number of rotatable bonds is 9. The zero-order chi connectivity index (χ0) is 48.2. The number of nitrogens with zero attached hydrogens (tertiary/aromatic N) is 2. The minimum absolute atomic E-state index is 0.877. The van der Waals surface area contributed by atoms with Crippen LogP contribution in [0.4, 0.5) is 17.1 Å². The molecule has 0 radical (unpaired) electrons. The van der Waals surface area contributed by atoms with Crippen LogP contribution in [0.5, 0.6) is 0 Å². The standard InChI is InChI=1S/C70H46N2O/c1-5-19-47(20-6-1)48-35-39-56(40-36-48)71(58-30-18-26-52(44-58)54-38-42-66-63(45-54)61-32-15-16-34-65(61)72(66)55-27-11-4-12-28-55)57-29-17-25-51(43-57)53-37-41-60-59-31-13-14-33-62(59)68-67(49-21-7-2-8-22-49)69(50-23-9-3-10-24-50)73-70(68)64(60)46-53/h1-46H. The SMILES string of the molecule is c1ccc(-c2ccc(N(c3cccc(-c4ccc5c6ccccc6c6c(-c7ccccc7)c(-c7ccccc7)oc6c5c4)c3)c3cccc(-c4ccc5c(c4)c4ccccc4n5-c4ccccc4)c3)cc2)cc1. The van der Waals surface area contributed by atoms with Crippen molar-refractivity contribution in [3.8, 4) is 61.5 Å². The van der Waals surface area contributed by atoms with E-state index in [1.54, 1.807) is 0 Å². The van der Waals surface area contributed by atoms with Crippen molar-refractivity contribution >= 4 is 71.4 Å². The van der Waals surface area contributed by atoms with E-state index in [1.807, 2.05) is 0 Å². The molecule has 73 heavy (non-hydrogen) atoms. The van der Waals surface area contributed by atoms with Crippen LogP contribution in [0.25, 0.3) is 116 Å². The molecule has 0 aliphatic heterocycles. The summed E-state index contributed by atoms with van der Waals surface area (Å²) in [6.07, 6.45) is 0. The van der Waals surface area contributed by atoms with Crippen LogP contribution in [0.1, 0.15) is 0 Å². The Hall–Kier alpha value is -9.70. The van der Waals surface area contributed by atoms with Gasteiger partial charge in [0.1, 0.15) is 11.3 Å². The van der Waals surface area contributed by atoms with Gasteiger partial charge in [0.15, 0.2) is 0 Å². The molecule has 2 heterocycles. The lowest BCUT2D eigenvalue weighted by Gasteiger charge is -2.27. The van der Waals surface area contributed by atoms with Crippen molar-refractivity contribution in [1.82, 2.24) is 4.57 Å². The van der Waals surface area contributed by atoms with Crippen molar-refractivity contribution in [3.05, 3.63) is 279 Å². The van der Waals surface area contributed by atoms with Crippen LogP contribution in [-0.4, -0.2) is 4.57 Å². The lowest BCUT2D eigenvalue weighted by atomic mass is 9.91. The fourth-order valence-electron chi connectivity index (χ4n) is 11.2. The molecule has 0 saturated heterocycles. The average molecular weight is 931 g/mol. The summed E-state index contributed by atoms with van der Waals surface area (Å²) in [6, 6.07) is 101. The van der Waals surface area contributed by atoms with Crippen molar-refractivity contribution < 1.29 is 4.42 Å². The maximum atomic E-state index is 7.18. The molecule has 3 heteroatoms. The Morgan fingerprint density at radius 2 is 0.740 bits per heavy atom. The van der Waals surface area contributed by atoms with E-state index in [-0.39, 0.29) is 0 Å². The van der Waals surface area contributed by atoms with Crippen LogP contribution in [0.2, 0.25) is 0 Å². The van der Waals surface area contributed by atoms with Crippen molar-refractivity contribution in [3.63, 3.8) is 0 Å². The first-order valence-corrected chi connectivity index (χ1v) is 25.0. The Kier molecular flexibility index (Phi) is 10.2. The van der Waals surface area contributed by atoms with Crippen LogP contribution < -0.4 is 4.90 Å². The Labute approximate surface area is 423 Å². The van der Waals surface area contributed by atoms with Gasteiger partial charge in [-0.15, -0.1) is 0 Å². The van der Waals surface area contributed by atoms with Gasteiger partial charge in [-0.05, 0) is 128 Å². The average Bonchev–Trinajstić information content (AvgIpc) is 4.04. The molecule has 0 fully saturated rings. The van der Waals surface area contributed by atoms with E-state index in [0.29, 0.717) is 0 Å². The summed E-state index contributed by atoms with van der Waals surface area (Å²) in [5.41, 5.74) is 17.8. The molecule has 14 aromatic rings. The summed E-state index contributed by atoms with van der Waals surface area (Å²) >= 11 is 0. The number of hydrogen-bond acceptors (Lipinski definition) is 2. The second kappa shape index (κ2) is 17.6. The third kappa shape index (κ3) is 7.29. The molecule has 0 unspecified atom stereocenters. The summed E-state index contributed by atoms with van der Waals surface area (Å²) in [5.74, 6) is 0.877. The third-order valence-electron chi connectivity index (χ3n) is 14.6. The second-order valence-corrected chi connectivity index (χ2v) is 18.8. The minimum atomic E-state index is 0.877. The molecule has 0 amide bonds. The third-order valence-corrected chi connectivity index (χ3v) is 14.6. The second-order valence-electron chi connectivity index (χ2n) is 18.8. The van der Waals surface area contributed by atoms with Gasteiger partial charge in [0.2, 0.25) is 0 Å². The Balaban J connectivity index is 0.923. The normalized spacial score (nSPS) is 11.6. The lowest BCUT2D eigenvalue weighted by molar-refractivity contribution is 0.636. The fraction of sp³-hybridized carbons (Fsp3) is 0. The molecule has 0 spiro atoms. The largest absolute Gasteiger partial charge is 0.455 e.